The molecule has 0 saturated carbocycles. The van der Waals surface area contributed by atoms with Gasteiger partial charge in [-0.1, -0.05) is 18.2 Å². The number of anilines is 1. The van der Waals surface area contributed by atoms with E-state index < -0.39 is 5.97 Å². The highest BCUT2D eigenvalue weighted by Crippen LogP contribution is 2.19. The van der Waals surface area contributed by atoms with Gasteiger partial charge in [0.1, 0.15) is 12.4 Å². The predicted molar refractivity (Wildman–Crippen MR) is 96.6 cm³/mol. The summed E-state index contributed by atoms with van der Waals surface area (Å²) in [5.74, 6) is -0.572. The van der Waals surface area contributed by atoms with Crippen LogP contribution in [0.2, 0.25) is 0 Å². The van der Waals surface area contributed by atoms with Gasteiger partial charge >= 0.3 is 5.97 Å². The molecule has 136 valence electrons. The number of nitrogens with one attached hydrogen (secondary N) is 1. The second-order valence-electron chi connectivity index (χ2n) is 6.20. The highest BCUT2D eigenvalue weighted by Gasteiger charge is 2.16. The Morgan fingerprint density at radius 1 is 1.19 bits per heavy atom. The highest BCUT2D eigenvalue weighted by molar-refractivity contribution is 6.04. The number of benzene rings is 2. The van der Waals surface area contributed by atoms with Crippen molar-refractivity contribution >= 4 is 17.6 Å². The zero-order chi connectivity index (χ0) is 18.4. The van der Waals surface area contributed by atoms with Crippen LogP contribution >= 0.6 is 0 Å². The molecule has 6 nitrogen and oxygen atoms in total. The molecule has 2 aromatic rings. The van der Waals surface area contributed by atoms with E-state index in [0.29, 0.717) is 29.2 Å². The number of rotatable bonds is 7. The van der Waals surface area contributed by atoms with E-state index in [1.807, 2.05) is 0 Å². The van der Waals surface area contributed by atoms with Crippen molar-refractivity contribution in [2.24, 2.45) is 0 Å². The van der Waals surface area contributed by atoms with Gasteiger partial charge in [0.25, 0.3) is 5.91 Å². The second-order valence-corrected chi connectivity index (χ2v) is 6.20. The third-order valence-corrected chi connectivity index (χ3v) is 4.10. The molecule has 26 heavy (non-hydrogen) atoms. The summed E-state index contributed by atoms with van der Waals surface area (Å²) in [5, 5.41) is 11.7. The molecule has 0 radical (unpaired) electrons. The minimum atomic E-state index is -0.912. The lowest BCUT2D eigenvalue weighted by atomic mass is 10.1. The zero-order valence-electron chi connectivity index (χ0n) is 14.3. The number of carboxylic acids is 1. The van der Waals surface area contributed by atoms with Crippen molar-refractivity contribution in [2.45, 2.75) is 25.4 Å². The van der Waals surface area contributed by atoms with Crippen LogP contribution in [0, 0.1) is 0 Å². The maximum atomic E-state index is 12.5. The molecular weight excluding hydrogens is 334 g/mol. The fourth-order valence-electron chi connectivity index (χ4n) is 2.83. The fourth-order valence-corrected chi connectivity index (χ4v) is 2.83. The normalized spacial score (nSPS) is 16.2. The van der Waals surface area contributed by atoms with Crippen LogP contribution in [0.1, 0.15) is 28.8 Å². The van der Waals surface area contributed by atoms with E-state index in [1.54, 1.807) is 48.5 Å². The predicted octanol–water partition coefficient (Wildman–Crippen LogP) is 3.12. The van der Waals surface area contributed by atoms with Gasteiger partial charge in [-0.15, -0.1) is 0 Å². The van der Waals surface area contributed by atoms with Gasteiger partial charge in [-0.25, -0.2) is 0 Å². The number of carbonyl (C=O) groups is 2. The molecule has 1 aliphatic heterocycles. The first-order chi connectivity index (χ1) is 12.6. The lowest BCUT2D eigenvalue weighted by molar-refractivity contribution is -0.136. The van der Waals surface area contributed by atoms with E-state index in [0.717, 1.165) is 19.4 Å². The Bertz CT molecular complexity index is 783. The molecule has 2 N–H and O–H groups in total. The van der Waals surface area contributed by atoms with Gasteiger partial charge in [0.15, 0.2) is 0 Å². The van der Waals surface area contributed by atoms with E-state index in [1.165, 1.54) is 0 Å². The average Bonchev–Trinajstić information content (AvgIpc) is 3.13. The smallest absolute Gasteiger partial charge is 0.307 e. The van der Waals surface area contributed by atoms with Gasteiger partial charge in [-0.3, -0.25) is 9.59 Å². The van der Waals surface area contributed by atoms with Crippen LogP contribution in [0.25, 0.3) is 0 Å². The maximum absolute atomic E-state index is 12.5. The number of amides is 1. The van der Waals surface area contributed by atoms with Crippen molar-refractivity contribution < 1.29 is 24.2 Å². The van der Waals surface area contributed by atoms with E-state index in [-0.39, 0.29) is 18.4 Å². The maximum Gasteiger partial charge on any atom is 0.307 e. The van der Waals surface area contributed by atoms with Crippen LogP contribution in [0.15, 0.2) is 48.5 Å². The van der Waals surface area contributed by atoms with Gasteiger partial charge < -0.3 is 19.9 Å². The largest absolute Gasteiger partial charge is 0.491 e. The molecule has 1 unspecified atom stereocenters. The molecule has 1 fully saturated rings. The molecular formula is C20H21NO5. The van der Waals surface area contributed by atoms with E-state index >= 15 is 0 Å². The van der Waals surface area contributed by atoms with E-state index in [4.69, 9.17) is 14.6 Å². The lowest BCUT2D eigenvalue weighted by Gasteiger charge is -2.12. The SMILES string of the molecule is O=C(O)Cc1cccc(NC(=O)c2cccc(OCC3CCCO3)c2)c1. The Kier molecular flexibility index (Phi) is 5.86. The summed E-state index contributed by atoms with van der Waals surface area (Å²) >= 11 is 0. The van der Waals surface area contributed by atoms with Crippen molar-refractivity contribution in [3.8, 4) is 5.75 Å². The van der Waals surface area contributed by atoms with Gasteiger partial charge in [-0.2, -0.15) is 0 Å². The standard InChI is InChI=1S/C20H21NO5/c22-19(23)11-14-4-1-6-16(10-14)21-20(24)15-5-2-7-17(12-15)26-13-18-8-3-9-25-18/h1-2,4-7,10,12,18H,3,8-9,11,13H2,(H,21,24)(H,22,23). The highest BCUT2D eigenvalue weighted by atomic mass is 16.5. The molecule has 1 aliphatic rings. The first-order valence-corrected chi connectivity index (χ1v) is 8.57. The average molecular weight is 355 g/mol. The first-order valence-electron chi connectivity index (χ1n) is 8.57. The Morgan fingerprint density at radius 3 is 2.81 bits per heavy atom. The van der Waals surface area contributed by atoms with Gasteiger partial charge in [0, 0.05) is 17.9 Å². The van der Waals surface area contributed by atoms with Crippen molar-refractivity contribution in [3.05, 3.63) is 59.7 Å². The third-order valence-electron chi connectivity index (χ3n) is 4.10. The van der Waals surface area contributed by atoms with Gasteiger partial charge in [-0.05, 0) is 48.7 Å². The molecule has 0 spiro atoms. The second kappa shape index (κ2) is 8.49. The van der Waals surface area contributed by atoms with E-state index in [9.17, 15) is 9.59 Å². The molecule has 2 aromatic carbocycles. The number of ether oxygens (including phenoxy) is 2. The monoisotopic (exact) mass is 355 g/mol. The third kappa shape index (κ3) is 5.07. The van der Waals surface area contributed by atoms with E-state index in [2.05, 4.69) is 5.32 Å². The number of hydrogen-bond donors (Lipinski definition) is 2. The minimum absolute atomic E-state index is 0.0870. The molecule has 3 rings (SSSR count). The molecule has 1 heterocycles. The summed E-state index contributed by atoms with van der Waals surface area (Å²) in [6, 6.07) is 13.8. The van der Waals surface area contributed by atoms with Crippen LogP contribution in [0.3, 0.4) is 0 Å². The molecule has 1 saturated heterocycles. The van der Waals surface area contributed by atoms with Crippen LogP contribution in [0.4, 0.5) is 5.69 Å². The van der Waals surface area contributed by atoms with Crippen LogP contribution in [0.5, 0.6) is 5.75 Å². The zero-order valence-corrected chi connectivity index (χ0v) is 14.3. The fraction of sp³-hybridized carbons (Fsp3) is 0.300. The quantitative estimate of drug-likeness (QED) is 0.797. The van der Waals surface area contributed by atoms with Gasteiger partial charge in [0.05, 0.1) is 12.5 Å². The molecule has 0 aliphatic carbocycles. The van der Waals surface area contributed by atoms with Crippen LogP contribution in [-0.2, 0) is 16.0 Å². The number of aliphatic carboxylic acids is 1. The topological polar surface area (TPSA) is 84.9 Å². The summed E-state index contributed by atoms with van der Waals surface area (Å²) in [4.78, 5) is 23.3. The number of carbonyl (C=O) groups excluding carboxylic acids is 1. The summed E-state index contributed by atoms with van der Waals surface area (Å²) in [6.07, 6.45) is 2.07. The Balaban J connectivity index is 1.62. The molecule has 0 aromatic heterocycles. The Morgan fingerprint density at radius 2 is 2.04 bits per heavy atom. The summed E-state index contributed by atoms with van der Waals surface area (Å²) in [6.45, 7) is 1.25. The number of hydrogen-bond acceptors (Lipinski definition) is 4. The summed E-state index contributed by atoms with van der Waals surface area (Å²) in [5.41, 5.74) is 1.65. The Labute approximate surface area is 151 Å². The van der Waals surface area contributed by atoms with Gasteiger partial charge in [0.2, 0.25) is 0 Å². The van der Waals surface area contributed by atoms with Crippen molar-refractivity contribution in [1.29, 1.82) is 0 Å². The number of carboxylic acid groups (broad SMARTS) is 1. The van der Waals surface area contributed by atoms with Crippen molar-refractivity contribution in [3.63, 3.8) is 0 Å². The summed E-state index contributed by atoms with van der Waals surface area (Å²) < 4.78 is 11.2. The molecule has 6 heteroatoms. The first kappa shape index (κ1) is 17.9. The Hall–Kier alpha value is -2.86. The van der Waals surface area contributed by atoms with Crippen LogP contribution < -0.4 is 10.1 Å². The van der Waals surface area contributed by atoms with Crippen LogP contribution in [-0.4, -0.2) is 36.3 Å². The molecule has 1 atom stereocenters. The minimum Gasteiger partial charge on any atom is -0.491 e. The van der Waals surface area contributed by atoms with Crippen molar-refractivity contribution in [2.75, 3.05) is 18.5 Å². The molecule has 1 amide bonds. The molecule has 0 bridgehead atoms. The van der Waals surface area contributed by atoms with Crippen molar-refractivity contribution in [1.82, 2.24) is 0 Å². The lowest BCUT2D eigenvalue weighted by Crippen LogP contribution is -2.17. The summed E-state index contributed by atoms with van der Waals surface area (Å²) in [7, 11) is 0.